The Kier molecular flexibility index (Phi) is 4.57. The van der Waals surface area contributed by atoms with Crippen LogP contribution in [0.5, 0.6) is 17.4 Å². The number of aromatic hydroxyl groups is 1. The zero-order chi connectivity index (χ0) is 17.1. The second-order valence-corrected chi connectivity index (χ2v) is 5.51. The van der Waals surface area contributed by atoms with Crippen LogP contribution in [0.2, 0.25) is 5.02 Å². The van der Waals surface area contributed by atoms with Crippen LogP contribution in [-0.2, 0) is 6.54 Å². The lowest BCUT2D eigenvalue weighted by atomic mass is 10.2. The van der Waals surface area contributed by atoms with Crippen molar-refractivity contribution in [2.75, 3.05) is 13.7 Å². The summed E-state index contributed by atoms with van der Waals surface area (Å²) in [5.41, 5.74) is 0.639. The van der Waals surface area contributed by atoms with Crippen LogP contribution < -0.4 is 9.47 Å². The van der Waals surface area contributed by atoms with E-state index in [0.717, 1.165) is 0 Å². The van der Waals surface area contributed by atoms with Gasteiger partial charge >= 0.3 is 0 Å². The predicted molar refractivity (Wildman–Crippen MR) is 92.6 cm³/mol. The summed E-state index contributed by atoms with van der Waals surface area (Å²) in [6.45, 7) is 0.607. The third-order valence-electron chi connectivity index (χ3n) is 3.70. The quantitative estimate of drug-likeness (QED) is 0.667. The summed E-state index contributed by atoms with van der Waals surface area (Å²) < 4.78 is 12.5. The number of hydrogen-bond donors (Lipinski definition) is 1. The highest BCUT2D eigenvalue weighted by molar-refractivity contribution is 6.31. The zero-order valence-corrected chi connectivity index (χ0v) is 13.7. The number of para-hydroxylation sites is 2. The highest BCUT2D eigenvalue weighted by atomic mass is 35.5. The Balaban J connectivity index is 1.85. The lowest BCUT2D eigenvalue weighted by Gasteiger charge is -2.11. The molecule has 0 aliphatic carbocycles. The lowest BCUT2D eigenvalue weighted by Crippen LogP contribution is -2.08. The smallest absolute Gasteiger partial charge is 0.222 e. The first-order chi connectivity index (χ1) is 11.7. The van der Waals surface area contributed by atoms with Crippen molar-refractivity contribution < 1.29 is 14.6 Å². The molecule has 24 heavy (non-hydrogen) atoms. The number of nitroso groups, excluding NO2 is 1. The highest BCUT2D eigenvalue weighted by Crippen LogP contribution is 2.39. The van der Waals surface area contributed by atoms with Gasteiger partial charge in [0.05, 0.1) is 19.2 Å². The molecule has 2 aromatic carbocycles. The Labute approximate surface area is 143 Å². The van der Waals surface area contributed by atoms with Gasteiger partial charge in [0.15, 0.2) is 17.2 Å². The minimum Gasteiger partial charge on any atom is -0.493 e. The van der Waals surface area contributed by atoms with Gasteiger partial charge in [0.25, 0.3) is 0 Å². The van der Waals surface area contributed by atoms with Crippen molar-refractivity contribution in [1.82, 2.24) is 4.57 Å². The van der Waals surface area contributed by atoms with Gasteiger partial charge in [0.1, 0.15) is 6.61 Å². The van der Waals surface area contributed by atoms with E-state index in [1.807, 2.05) is 12.1 Å². The van der Waals surface area contributed by atoms with Crippen LogP contribution in [0, 0.1) is 4.91 Å². The lowest BCUT2D eigenvalue weighted by molar-refractivity contribution is 0.274. The molecule has 124 valence electrons. The molecule has 3 aromatic rings. The summed E-state index contributed by atoms with van der Waals surface area (Å²) in [6, 6.07) is 12.3. The van der Waals surface area contributed by atoms with Crippen molar-refractivity contribution in [2.24, 2.45) is 5.18 Å². The van der Waals surface area contributed by atoms with Gasteiger partial charge in [-0.25, -0.2) is 0 Å². The molecule has 0 radical (unpaired) electrons. The number of aromatic nitrogens is 1. The van der Waals surface area contributed by atoms with E-state index in [0.29, 0.717) is 34.0 Å². The Morgan fingerprint density at radius 1 is 1.21 bits per heavy atom. The van der Waals surface area contributed by atoms with Crippen molar-refractivity contribution in [3.63, 3.8) is 0 Å². The number of nitrogens with zero attached hydrogens (tertiary/aromatic N) is 2. The first-order valence-electron chi connectivity index (χ1n) is 7.25. The van der Waals surface area contributed by atoms with E-state index in [1.54, 1.807) is 42.0 Å². The number of rotatable bonds is 6. The van der Waals surface area contributed by atoms with Crippen molar-refractivity contribution in [2.45, 2.75) is 6.54 Å². The molecule has 0 amide bonds. The second-order valence-electron chi connectivity index (χ2n) is 5.08. The second kappa shape index (κ2) is 6.80. The minimum absolute atomic E-state index is 0.0233. The Bertz CT molecular complexity index is 892. The van der Waals surface area contributed by atoms with Crippen LogP contribution in [0.15, 0.2) is 47.6 Å². The monoisotopic (exact) mass is 346 g/mol. The van der Waals surface area contributed by atoms with Crippen molar-refractivity contribution in [3.05, 3.63) is 52.4 Å². The van der Waals surface area contributed by atoms with Gasteiger partial charge in [0, 0.05) is 10.4 Å². The van der Waals surface area contributed by atoms with Gasteiger partial charge in [-0.2, -0.15) is 0 Å². The first kappa shape index (κ1) is 16.1. The summed E-state index contributed by atoms with van der Waals surface area (Å²) in [7, 11) is 1.57. The Morgan fingerprint density at radius 3 is 2.67 bits per heavy atom. The fourth-order valence-electron chi connectivity index (χ4n) is 2.60. The zero-order valence-electron chi connectivity index (χ0n) is 12.9. The van der Waals surface area contributed by atoms with Gasteiger partial charge in [0.2, 0.25) is 5.88 Å². The van der Waals surface area contributed by atoms with Crippen molar-refractivity contribution in [3.8, 4) is 17.4 Å². The fourth-order valence-corrected chi connectivity index (χ4v) is 2.77. The normalized spacial score (nSPS) is 10.8. The minimum atomic E-state index is -0.203. The van der Waals surface area contributed by atoms with Gasteiger partial charge < -0.3 is 19.1 Å². The maximum atomic E-state index is 11.0. The van der Waals surface area contributed by atoms with Crippen LogP contribution in [0.1, 0.15) is 0 Å². The van der Waals surface area contributed by atoms with Crippen LogP contribution in [0.3, 0.4) is 0 Å². The Morgan fingerprint density at radius 2 is 1.96 bits per heavy atom. The molecule has 0 fully saturated rings. The molecule has 0 saturated carbocycles. The highest BCUT2D eigenvalue weighted by Gasteiger charge is 2.17. The van der Waals surface area contributed by atoms with Crippen molar-refractivity contribution >= 4 is 28.2 Å². The standard InChI is InChI=1S/C17H15ClN2O4/c1-23-14-4-2-3-5-15(14)24-9-8-20-13-7-6-11(18)10-12(13)16(19-22)17(20)21/h2-7,10,21H,8-9H2,1H3. The fraction of sp³-hybridized carbons (Fsp3) is 0.176. The SMILES string of the molecule is COc1ccccc1OCCn1c(O)c(N=O)c2cc(Cl)ccc21. The molecule has 6 nitrogen and oxygen atoms in total. The maximum Gasteiger partial charge on any atom is 0.222 e. The first-order valence-corrected chi connectivity index (χ1v) is 7.63. The summed E-state index contributed by atoms with van der Waals surface area (Å²) in [5.74, 6) is 1.03. The summed E-state index contributed by atoms with van der Waals surface area (Å²) in [6.07, 6.45) is 0. The molecule has 7 heteroatoms. The maximum absolute atomic E-state index is 11.0. The summed E-state index contributed by atoms with van der Waals surface area (Å²) in [4.78, 5) is 11.0. The molecule has 3 rings (SSSR count). The van der Waals surface area contributed by atoms with Crippen LogP contribution >= 0.6 is 11.6 Å². The van der Waals surface area contributed by atoms with Gasteiger partial charge in [-0.3, -0.25) is 0 Å². The van der Waals surface area contributed by atoms with Crippen molar-refractivity contribution in [1.29, 1.82) is 0 Å². The van der Waals surface area contributed by atoms with E-state index in [2.05, 4.69) is 5.18 Å². The molecule has 0 aliphatic heterocycles. The summed E-state index contributed by atoms with van der Waals surface area (Å²) >= 11 is 5.95. The molecule has 0 spiro atoms. The van der Waals surface area contributed by atoms with E-state index < -0.39 is 0 Å². The number of methoxy groups -OCH3 is 1. The number of halogens is 1. The number of ether oxygens (including phenoxy) is 2. The molecule has 1 aromatic heterocycles. The topological polar surface area (TPSA) is 73.1 Å². The largest absolute Gasteiger partial charge is 0.493 e. The molecule has 1 N–H and O–H groups in total. The number of hydrogen-bond acceptors (Lipinski definition) is 5. The average Bonchev–Trinajstić information content (AvgIpc) is 2.86. The van der Waals surface area contributed by atoms with Crippen LogP contribution in [-0.4, -0.2) is 23.4 Å². The molecule has 0 atom stereocenters. The van der Waals surface area contributed by atoms with E-state index in [9.17, 15) is 10.0 Å². The molecular weight excluding hydrogens is 332 g/mol. The average molecular weight is 347 g/mol. The Hall–Kier alpha value is -2.73. The van der Waals surface area contributed by atoms with E-state index in [-0.39, 0.29) is 18.2 Å². The van der Waals surface area contributed by atoms with Gasteiger partial charge in [-0.15, -0.1) is 4.91 Å². The number of benzene rings is 2. The van der Waals surface area contributed by atoms with Crippen LogP contribution in [0.25, 0.3) is 10.9 Å². The van der Waals surface area contributed by atoms with Crippen LogP contribution in [0.4, 0.5) is 5.69 Å². The summed E-state index contributed by atoms with van der Waals surface area (Å²) in [5, 5.41) is 14.1. The van der Waals surface area contributed by atoms with E-state index in [4.69, 9.17) is 21.1 Å². The molecule has 0 saturated heterocycles. The van der Waals surface area contributed by atoms with E-state index >= 15 is 0 Å². The molecule has 0 unspecified atom stereocenters. The van der Waals surface area contributed by atoms with Gasteiger partial charge in [-0.05, 0) is 35.5 Å². The number of fused-ring (bicyclic) bond motifs is 1. The molecular formula is C17H15ClN2O4. The third-order valence-corrected chi connectivity index (χ3v) is 3.94. The molecule has 0 aliphatic rings. The molecule has 0 bridgehead atoms. The predicted octanol–water partition coefficient (Wildman–Crippen LogP) is 4.49. The molecule has 1 heterocycles. The van der Waals surface area contributed by atoms with E-state index in [1.165, 1.54) is 0 Å². The third kappa shape index (κ3) is 2.88. The van der Waals surface area contributed by atoms with Gasteiger partial charge in [-0.1, -0.05) is 23.7 Å².